The summed E-state index contributed by atoms with van der Waals surface area (Å²) in [5, 5.41) is 2.77. The summed E-state index contributed by atoms with van der Waals surface area (Å²) in [7, 11) is 2.08. The first kappa shape index (κ1) is 34.3. The predicted octanol–water partition coefficient (Wildman–Crippen LogP) is 4.03. The molecule has 2 aromatic rings. The van der Waals surface area contributed by atoms with E-state index in [4.69, 9.17) is 17.3 Å². The fourth-order valence-electron chi connectivity index (χ4n) is 7.37. The standard InChI is InChI=1S/C34H43ClF3N7O3/c1-41-12-14-42(15-13-41)26-20-44(21-26)32(47)24(16-22-17-27(34(36,37)38)31(39)28(35)18-22)19-30(46)43-9-7-25(8-10-43)45-11-6-23-4-2-3-5-29(23)40-33(45)48/h2-5,17-18,24-26H,6-16,19-21,39H2,1H3,(H,40,48). The maximum Gasteiger partial charge on any atom is 0.418 e. The molecule has 0 aromatic heterocycles. The zero-order valence-electron chi connectivity index (χ0n) is 27.1. The van der Waals surface area contributed by atoms with Crippen molar-refractivity contribution in [1.29, 1.82) is 0 Å². The summed E-state index contributed by atoms with van der Waals surface area (Å²) in [6.45, 7) is 6.20. The number of piperazine rings is 1. The van der Waals surface area contributed by atoms with E-state index in [1.54, 1.807) is 9.80 Å². The second kappa shape index (κ2) is 14.1. The molecule has 0 aliphatic carbocycles. The van der Waals surface area contributed by atoms with E-state index in [9.17, 15) is 27.6 Å². The Balaban J connectivity index is 1.11. The van der Waals surface area contributed by atoms with E-state index in [1.807, 2.05) is 29.2 Å². The number of benzene rings is 2. The third kappa shape index (κ3) is 7.52. The number of likely N-dealkylation sites (tertiary alicyclic amines) is 2. The van der Waals surface area contributed by atoms with Crippen LogP contribution in [-0.4, -0.2) is 120 Å². The fourth-order valence-corrected chi connectivity index (χ4v) is 7.62. The van der Waals surface area contributed by atoms with E-state index in [0.717, 1.165) is 49.9 Å². The first-order chi connectivity index (χ1) is 22.9. The molecule has 0 radical (unpaired) electrons. The van der Waals surface area contributed by atoms with E-state index >= 15 is 0 Å². The number of halogens is 4. The summed E-state index contributed by atoms with van der Waals surface area (Å²) >= 11 is 6.12. The van der Waals surface area contributed by atoms with Crippen LogP contribution in [0.1, 0.15) is 36.0 Å². The summed E-state index contributed by atoms with van der Waals surface area (Å²) in [6.07, 6.45) is -3.01. The number of rotatable bonds is 7. The molecule has 0 bridgehead atoms. The van der Waals surface area contributed by atoms with E-state index in [2.05, 4.69) is 22.2 Å². The van der Waals surface area contributed by atoms with Crippen LogP contribution in [0.5, 0.6) is 0 Å². The molecule has 48 heavy (non-hydrogen) atoms. The molecule has 0 saturated carbocycles. The van der Waals surface area contributed by atoms with Gasteiger partial charge in [-0.25, -0.2) is 4.79 Å². The summed E-state index contributed by atoms with van der Waals surface area (Å²) < 4.78 is 41.3. The van der Waals surface area contributed by atoms with Crippen molar-refractivity contribution in [3.63, 3.8) is 0 Å². The number of nitrogens with one attached hydrogen (secondary N) is 1. The first-order valence-corrected chi connectivity index (χ1v) is 17.0. The molecule has 4 aliphatic rings. The minimum absolute atomic E-state index is 0.0360. The van der Waals surface area contributed by atoms with Crippen LogP contribution in [0, 0.1) is 5.92 Å². The third-order valence-corrected chi connectivity index (χ3v) is 10.7. The number of carbonyl (C=O) groups excluding carboxylic acids is 3. The molecule has 14 heteroatoms. The molecule has 1 atom stereocenters. The predicted molar refractivity (Wildman–Crippen MR) is 178 cm³/mol. The minimum Gasteiger partial charge on any atom is -0.397 e. The number of fused-ring (bicyclic) bond motifs is 1. The molecule has 6 rings (SSSR count). The van der Waals surface area contributed by atoms with Gasteiger partial charge in [-0.3, -0.25) is 14.5 Å². The highest BCUT2D eigenvalue weighted by atomic mass is 35.5. The number of nitrogens with zero attached hydrogens (tertiary/aromatic N) is 5. The van der Waals surface area contributed by atoms with Crippen molar-refractivity contribution in [1.82, 2.24) is 24.5 Å². The van der Waals surface area contributed by atoms with Crippen molar-refractivity contribution in [3.8, 4) is 0 Å². The molecule has 2 aromatic carbocycles. The lowest BCUT2D eigenvalue weighted by Crippen LogP contribution is -2.64. The van der Waals surface area contributed by atoms with E-state index < -0.39 is 23.3 Å². The van der Waals surface area contributed by atoms with Gasteiger partial charge in [-0.15, -0.1) is 0 Å². The number of nitrogen functional groups attached to an aromatic ring is 1. The van der Waals surface area contributed by atoms with Crippen molar-refractivity contribution >= 4 is 40.8 Å². The van der Waals surface area contributed by atoms with Gasteiger partial charge in [0, 0.05) is 83.1 Å². The number of piperidine rings is 1. The molecule has 3 N–H and O–H groups in total. The number of alkyl halides is 3. The van der Waals surface area contributed by atoms with Crippen LogP contribution in [0.15, 0.2) is 36.4 Å². The second-order valence-corrected chi connectivity index (χ2v) is 13.9. The largest absolute Gasteiger partial charge is 0.418 e. The van der Waals surface area contributed by atoms with Gasteiger partial charge in [0.15, 0.2) is 0 Å². The van der Waals surface area contributed by atoms with E-state index in [0.29, 0.717) is 45.6 Å². The lowest BCUT2D eigenvalue weighted by atomic mass is 9.90. The van der Waals surface area contributed by atoms with Crippen molar-refractivity contribution in [3.05, 3.63) is 58.1 Å². The van der Waals surface area contributed by atoms with Gasteiger partial charge in [0.05, 0.1) is 22.2 Å². The molecule has 1 unspecified atom stereocenters. The highest BCUT2D eigenvalue weighted by Gasteiger charge is 2.40. The third-order valence-electron chi connectivity index (χ3n) is 10.4. The molecule has 4 amide bonds. The Hall–Kier alpha value is -3.55. The molecule has 4 heterocycles. The van der Waals surface area contributed by atoms with Gasteiger partial charge in [-0.2, -0.15) is 13.2 Å². The normalized spacial score (nSPS) is 20.9. The number of anilines is 2. The van der Waals surface area contributed by atoms with Crippen molar-refractivity contribution in [2.24, 2.45) is 5.92 Å². The van der Waals surface area contributed by atoms with Gasteiger partial charge < -0.3 is 30.7 Å². The monoisotopic (exact) mass is 689 g/mol. The summed E-state index contributed by atoms with van der Waals surface area (Å²) in [5.74, 6) is -1.33. The number of hydrogen-bond acceptors (Lipinski definition) is 6. The average Bonchev–Trinajstić information content (AvgIpc) is 3.20. The first-order valence-electron chi connectivity index (χ1n) is 16.7. The Morgan fingerprint density at radius 2 is 1.67 bits per heavy atom. The lowest BCUT2D eigenvalue weighted by molar-refractivity contribution is -0.147. The van der Waals surface area contributed by atoms with Crippen molar-refractivity contribution in [2.75, 3.05) is 77.0 Å². The quantitative estimate of drug-likeness (QED) is 0.426. The molecular weight excluding hydrogens is 647 g/mol. The van der Waals surface area contributed by atoms with Crippen molar-refractivity contribution in [2.45, 2.75) is 50.4 Å². The Kier molecular flexibility index (Phi) is 10.1. The average molecular weight is 690 g/mol. The van der Waals surface area contributed by atoms with Crippen LogP contribution in [-0.2, 0) is 28.6 Å². The maximum absolute atomic E-state index is 13.9. The number of hydrogen-bond donors (Lipinski definition) is 2. The number of likely N-dealkylation sites (N-methyl/N-ethyl adjacent to an activating group) is 1. The zero-order chi connectivity index (χ0) is 34.2. The van der Waals surface area contributed by atoms with Gasteiger partial charge in [0.1, 0.15) is 0 Å². The summed E-state index contributed by atoms with van der Waals surface area (Å²) in [4.78, 5) is 50.5. The fraction of sp³-hybridized carbons (Fsp3) is 0.559. The molecular formula is C34H43ClF3N7O3. The van der Waals surface area contributed by atoms with Crippen LogP contribution >= 0.6 is 11.6 Å². The Morgan fingerprint density at radius 3 is 2.35 bits per heavy atom. The molecule has 260 valence electrons. The minimum atomic E-state index is -4.72. The highest BCUT2D eigenvalue weighted by molar-refractivity contribution is 6.33. The van der Waals surface area contributed by atoms with E-state index in [-0.39, 0.29) is 53.4 Å². The second-order valence-electron chi connectivity index (χ2n) is 13.5. The lowest BCUT2D eigenvalue weighted by Gasteiger charge is -2.48. The van der Waals surface area contributed by atoms with Crippen LogP contribution in [0.3, 0.4) is 0 Å². The van der Waals surface area contributed by atoms with Crippen LogP contribution in [0.25, 0.3) is 0 Å². The van der Waals surface area contributed by atoms with Crippen LogP contribution in [0.2, 0.25) is 5.02 Å². The Labute approximate surface area is 283 Å². The van der Waals surface area contributed by atoms with Crippen LogP contribution < -0.4 is 11.1 Å². The highest BCUT2D eigenvalue weighted by Crippen LogP contribution is 2.39. The molecule has 4 aliphatic heterocycles. The SMILES string of the molecule is CN1CCN(C2CN(C(=O)C(CC(=O)N3CCC(N4CCc5ccccc5NC4=O)CC3)Cc3cc(Cl)c(N)c(C(F)(F)F)c3)C2)CC1. The van der Waals surface area contributed by atoms with Gasteiger partial charge in [0.2, 0.25) is 11.8 Å². The number of nitrogens with two attached hydrogens (primary N) is 1. The molecule has 3 fully saturated rings. The number of amides is 4. The zero-order valence-corrected chi connectivity index (χ0v) is 27.9. The molecule has 0 spiro atoms. The number of para-hydroxylation sites is 1. The Morgan fingerprint density at radius 1 is 0.979 bits per heavy atom. The van der Waals surface area contributed by atoms with E-state index in [1.165, 1.54) is 6.07 Å². The Bertz CT molecular complexity index is 1520. The van der Waals surface area contributed by atoms with Gasteiger partial charge in [0.25, 0.3) is 0 Å². The van der Waals surface area contributed by atoms with Crippen LogP contribution in [0.4, 0.5) is 29.3 Å². The molecule has 3 saturated heterocycles. The van der Waals surface area contributed by atoms with Crippen molar-refractivity contribution < 1.29 is 27.6 Å². The topological polar surface area (TPSA) is 105 Å². The number of urea groups is 1. The summed E-state index contributed by atoms with van der Waals surface area (Å²) in [5.41, 5.74) is 6.15. The summed E-state index contributed by atoms with van der Waals surface area (Å²) in [6, 6.07) is 10.1. The van der Waals surface area contributed by atoms with Gasteiger partial charge in [-0.05, 0) is 62.1 Å². The number of carbonyl (C=O) groups is 3. The molecule has 10 nitrogen and oxygen atoms in total. The smallest absolute Gasteiger partial charge is 0.397 e. The van der Waals surface area contributed by atoms with Gasteiger partial charge >= 0.3 is 12.2 Å². The van der Waals surface area contributed by atoms with Gasteiger partial charge in [-0.1, -0.05) is 29.8 Å². The maximum atomic E-state index is 13.9.